The van der Waals surface area contributed by atoms with Crippen LogP contribution >= 0.6 is 24.8 Å². The molecule has 1 saturated heterocycles. The normalized spacial score (nSPS) is 15.9. The minimum Gasteiger partial charge on any atom is -0.466 e. The van der Waals surface area contributed by atoms with E-state index in [2.05, 4.69) is 24.3 Å². The van der Waals surface area contributed by atoms with Crippen molar-refractivity contribution in [3.63, 3.8) is 0 Å². The van der Waals surface area contributed by atoms with Crippen molar-refractivity contribution in [3.8, 4) is 11.3 Å². The third-order valence-electron chi connectivity index (χ3n) is 5.51. The predicted molar refractivity (Wildman–Crippen MR) is 123 cm³/mol. The smallest absolute Gasteiger partial charge is 0.254 e. The summed E-state index contributed by atoms with van der Waals surface area (Å²) in [7, 11) is 1.88. The molecule has 3 aromatic rings. The number of carbonyl (C=O) groups excluding carboxylic acids is 1. The lowest BCUT2D eigenvalue weighted by atomic mass is 10.1. The molecule has 1 aliphatic rings. The summed E-state index contributed by atoms with van der Waals surface area (Å²) in [6, 6.07) is 4.20. The lowest BCUT2D eigenvalue weighted by molar-refractivity contribution is 0.0745. The van der Waals surface area contributed by atoms with Crippen LogP contribution in [0.3, 0.4) is 0 Å². The van der Waals surface area contributed by atoms with Crippen molar-refractivity contribution < 1.29 is 9.21 Å². The Bertz CT molecular complexity index is 1040. The number of carbonyl (C=O) groups is 1. The van der Waals surface area contributed by atoms with Gasteiger partial charge in [0.25, 0.3) is 5.91 Å². The van der Waals surface area contributed by atoms with Crippen molar-refractivity contribution in [1.82, 2.24) is 25.0 Å². The minimum absolute atomic E-state index is 0. The summed E-state index contributed by atoms with van der Waals surface area (Å²) >= 11 is 0. The summed E-state index contributed by atoms with van der Waals surface area (Å²) in [5.74, 6) is 1.63. The summed E-state index contributed by atoms with van der Waals surface area (Å²) < 4.78 is 7.57. The Morgan fingerprint density at radius 3 is 2.60 bits per heavy atom. The number of likely N-dealkylation sites (N-methyl/N-ethyl adjacent to an activating group) is 1. The van der Waals surface area contributed by atoms with E-state index in [0.29, 0.717) is 5.56 Å². The van der Waals surface area contributed by atoms with Crippen LogP contribution in [0.1, 0.15) is 48.2 Å². The first kappa shape index (κ1) is 24.2. The first-order chi connectivity index (χ1) is 13.4. The number of nitrogens with one attached hydrogen (secondary N) is 1. The van der Waals surface area contributed by atoms with Crippen molar-refractivity contribution in [1.29, 1.82) is 0 Å². The van der Waals surface area contributed by atoms with Crippen LogP contribution in [0.4, 0.5) is 0 Å². The quantitative estimate of drug-likeness (QED) is 0.641. The zero-order valence-electron chi connectivity index (χ0n) is 17.9. The number of fused-ring (bicyclic) bond motifs is 1. The number of furan rings is 1. The number of aryl methyl sites for hydroxylation is 2. The Labute approximate surface area is 189 Å². The molecule has 4 rings (SSSR count). The van der Waals surface area contributed by atoms with Crippen molar-refractivity contribution in [2.45, 2.75) is 46.2 Å². The average molecular weight is 454 g/mol. The van der Waals surface area contributed by atoms with Crippen LogP contribution in [0.2, 0.25) is 0 Å². The van der Waals surface area contributed by atoms with E-state index in [4.69, 9.17) is 9.40 Å². The first-order valence-electron chi connectivity index (χ1n) is 9.80. The molecule has 0 radical (unpaired) electrons. The molecule has 3 aromatic heterocycles. The maximum atomic E-state index is 13.4. The predicted octanol–water partition coefficient (Wildman–Crippen LogP) is 4.17. The van der Waals surface area contributed by atoms with Gasteiger partial charge in [0.15, 0.2) is 5.65 Å². The van der Waals surface area contributed by atoms with Crippen molar-refractivity contribution in [2.75, 3.05) is 20.1 Å². The Morgan fingerprint density at radius 1 is 1.30 bits per heavy atom. The molecule has 164 valence electrons. The Balaban J connectivity index is 0.00000160. The summed E-state index contributed by atoms with van der Waals surface area (Å²) in [5, 5.41) is 8.62. The number of halogens is 2. The summed E-state index contributed by atoms with van der Waals surface area (Å²) in [6.45, 7) is 9.73. The fraction of sp³-hybridized carbons (Fsp3) is 0.476. The molecule has 4 heterocycles. The highest BCUT2D eigenvalue weighted by Gasteiger charge is 2.27. The molecule has 1 fully saturated rings. The second kappa shape index (κ2) is 9.37. The highest BCUT2D eigenvalue weighted by Crippen LogP contribution is 2.30. The number of amides is 1. The van der Waals surface area contributed by atoms with Crippen LogP contribution < -0.4 is 5.32 Å². The molecule has 1 amide bonds. The average Bonchev–Trinajstić information content (AvgIpc) is 3.38. The standard InChI is InChI=1S/C21H27N5O2.2ClH/c1-12(2)26-20-18(11-23-26)17(21(27)25(5)15-6-7-22-10-15)9-19(24-20)16-8-13(3)28-14(16)4;;/h8-9,11-12,15,22H,6-7,10H2,1-5H3;2*1H. The van der Waals surface area contributed by atoms with Gasteiger partial charge in [-0.1, -0.05) is 0 Å². The van der Waals surface area contributed by atoms with Crippen LogP contribution in [0.5, 0.6) is 0 Å². The number of hydrogen-bond donors (Lipinski definition) is 1. The van der Waals surface area contributed by atoms with Gasteiger partial charge in [0.05, 0.1) is 22.8 Å². The van der Waals surface area contributed by atoms with E-state index >= 15 is 0 Å². The van der Waals surface area contributed by atoms with Gasteiger partial charge < -0.3 is 14.6 Å². The minimum atomic E-state index is 0. The van der Waals surface area contributed by atoms with Crippen LogP contribution in [0, 0.1) is 13.8 Å². The third-order valence-corrected chi connectivity index (χ3v) is 5.51. The van der Waals surface area contributed by atoms with Gasteiger partial charge in [-0.25, -0.2) is 9.67 Å². The Hall–Kier alpha value is -2.09. The van der Waals surface area contributed by atoms with Gasteiger partial charge in [0, 0.05) is 31.2 Å². The summed E-state index contributed by atoms with van der Waals surface area (Å²) in [5.41, 5.74) is 3.02. The SMILES string of the molecule is Cc1cc(-c2cc(C(=O)N(C)C3CCNC3)c3cnn(C(C)C)c3n2)c(C)o1.Cl.Cl. The van der Waals surface area contributed by atoms with Gasteiger partial charge in [-0.05, 0) is 52.8 Å². The molecule has 1 atom stereocenters. The van der Waals surface area contributed by atoms with Crippen LogP contribution in [-0.2, 0) is 0 Å². The fourth-order valence-corrected chi connectivity index (χ4v) is 3.92. The van der Waals surface area contributed by atoms with Gasteiger partial charge in [-0.3, -0.25) is 4.79 Å². The van der Waals surface area contributed by atoms with Gasteiger partial charge in [0.2, 0.25) is 0 Å². The highest BCUT2D eigenvalue weighted by molar-refractivity contribution is 6.06. The van der Waals surface area contributed by atoms with E-state index in [1.54, 1.807) is 6.20 Å². The van der Waals surface area contributed by atoms with Gasteiger partial charge in [0.1, 0.15) is 11.5 Å². The molecule has 0 saturated carbocycles. The molecule has 1 aliphatic heterocycles. The van der Waals surface area contributed by atoms with Gasteiger partial charge in [-0.2, -0.15) is 5.10 Å². The number of nitrogens with zero attached hydrogens (tertiary/aromatic N) is 4. The number of hydrogen-bond acceptors (Lipinski definition) is 5. The van der Waals surface area contributed by atoms with E-state index in [1.807, 2.05) is 42.6 Å². The molecule has 0 spiro atoms. The first-order valence-corrected chi connectivity index (χ1v) is 9.80. The lowest BCUT2D eigenvalue weighted by Gasteiger charge is -2.24. The fourth-order valence-electron chi connectivity index (χ4n) is 3.92. The second-order valence-corrected chi connectivity index (χ2v) is 7.86. The van der Waals surface area contributed by atoms with E-state index in [-0.39, 0.29) is 42.8 Å². The molecule has 1 unspecified atom stereocenters. The molecule has 9 heteroatoms. The zero-order chi connectivity index (χ0) is 20.0. The van der Waals surface area contributed by atoms with Crippen LogP contribution in [-0.4, -0.2) is 51.8 Å². The molecule has 1 N–H and O–H groups in total. The van der Waals surface area contributed by atoms with E-state index < -0.39 is 0 Å². The number of rotatable bonds is 4. The van der Waals surface area contributed by atoms with E-state index in [1.165, 1.54) is 0 Å². The maximum Gasteiger partial charge on any atom is 0.254 e. The highest BCUT2D eigenvalue weighted by atomic mass is 35.5. The molecule has 0 aliphatic carbocycles. The van der Waals surface area contributed by atoms with Crippen molar-refractivity contribution in [3.05, 3.63) is 35.4 Å². The maximum absolute atomic E-state index is 13.4. The molecular formula is C21H29Cl2N5O2. The molecule has 0 aromatic carbocycles. The van der Waals surface area contributed by atoms with Crippen molar-refractivity contribution >= 4 is 41.8 Å². The van der Waals surface area contributed by atoms with Crippen LogP contribution in [0.15, 0.2) is 22.7 Å². The summed E-state index contributed by atoms with van der Waals surface area (Å²) in [4.78, 5) is 20.1. The largest absolute Gasteiger partial charge is 0.466 e. The Kier molecular flexibility index (Phi) is 7.55. The lowest BCUT2D eigenvalue weighted by Crippen LogP contribution is -2.38. The van der Waals surface area contributed by atoms with E-state index in [9.17, 15) is 4.79 Å². The molecule has 30 heavy (non-hydrogen) atoms. The number of aromatic nitrogens is 3. The number of pyridine rings is 1. The third kappa shape index (κ3) is 4.19. The van der Waals surface area contributed by atoms with Crippen LogP contribution in [0.25, 0.3) is 22.3 Å². The summed E-state index contributed by atoms with van der Waals surface area (Å²) in [6.07, 6.45) is 2.72. The Morgan fingerprint density at radius 2 is 2.03 bits per heavy atom. The van der Waals surface area contributed by atoms with E-state index in [0.717, 1.165) is 53.3 Å². The van der Waals surface area contributed by atoms with Crippen molar-refractivity contribution in [2.24, 2.45) is 0 Å². The monoisotopic (exact) mass is 453 g/mol. The molecular weight excluding hydrogens is 425 g/mol. The van der Waals surface area contributed by atoms with Gasteiger partial charge >= 0.3 is 0 Å². The topological polar surface area (TPSA) is 76.2 Å². The van der Waals surface area contributed by atoms with Gasteiger partial charge in [-0.15, -0.1) is 24.8 Å². The molecule has 7 nitrogen and oxygen atoms in total. The second-order valence-electron chi connectivity index (χ2n) is 7.86. The zero-order valence-corrected chi connectivity index (χ0v) is 19.6. The molecule has 0 bridgehead atoms.